The van der Waals surface area contributed by atoms with E-state index in [1.165, 1.54) is 4.57 Å². The summed E-state index contributed by atoms with van der Waals surface area (Å²) in [7, 11) is 0. The van der Waals surface area contributed by atoms with E-state index in [1.54, 1.807) is 45.9 Å². The number of fused-ring (bicyclic) bond motifs is 1. The highest BCUT2D eigenvalue weighted by atomic mass is 35.5. The molecule has 0 spiro atoms. The number of rotatable bonds is 5. The van der Waals surface area contributed by atoms with Crippen molar-refractivity contribution in [3.63, 3.8) is 0 Å². The molecule has 0 saturated heterocycles. The highest BCUT2D eigenvalue weighted by Crippen LogP contribution is 2.23. The van der Waals surface area contributed by atoms with Crippen molar-refractivity contribution < 1.29 is 9.53 Å². The Hall–Kier alpha value is -2.86. The number of ether oxygens (including phenoxy) is 1. The lowest BCUT2D eigenvalue weighted by Gasteiger charge is -2.26. The Morgan fingerprint density at radius 2 is 1.77 bits per heavy atom. The van der Waals surface area contributed by atoms with E-state index >= 15 is 0 Å². The highest BCUT2D eigenvalue weighted by Gasteiger charge is 2.29. The summed E-state index contributed by atoms with van der Waals surface area (Å²) in [5.41, 5.74) is -0.580. The van der Waals surface area contributed by atoms with Gasteiger partial charge >= 0.3 is 11.7 Å². The van der Waals surface area contributed by atoms with Crippen LogP contribution in [0.4, 0.5) is 0 Å². The second-order valence-electron chi connectivity index (χ2n) is 8.15. The first-order chi connectivity index (χ1) is 14.1. The number of esters is 1. The predicted molar refractivity (Wildman–Crippen MR) is 118 cm³/mol. The molecular formula is C23H25ClN2O4. The van der Waals surface area contributed by atoms with Crippen LogP contribution in [0.15, 0.2) is 58.1 Å². The largest absolute Gasteiger partial charge is 0.458 e. The Labute approximate surface area is 179 Å². The quantitative estimate of drug-likeness (QED) is 0.572. The molecule has 1 unspecified atom stereocenters. The maximum Gasteiger partial charge on any atom is 0.332 e. The van der Waals surface area contributed by atoms with Crippen LogP contribution in [-0.2, 0) is 16.1 Å². The van der Waals surface area contributed by atoms with Crippen LogP contribution < -0.4 is 11.2 Å². The summed E-state index contributed by atoms with van der Waals surface area (Å²) in [6.07, 6.45) is 0.319. The molecule has 158 valence electrons. The van der Waals surface area contributed by atoms with Gasteiger partial charge in [-0.05, 0) is 51.0 Å². The summed E-state index contributed by atoms with van der Waals surface area (Å²) in [6.45, 7) is 7.20. The van der Waals surface area contributed by atoms with E-state index in [0.29, 0.717) is 22.3 Å². The molecule has 1 aromatic heterocycles. The van der Waals surface area contributed by atoms with Gasteiger partial charge in [-0.2, -0.15) is 0 Å². The Balaban J connectivity index is 2.28. The zero-order valence-electron chi connectivity index (χ0n) is 17.5. The number of benzene rings is 2. The maximum atomic E-state index is 13.5. The molecule has 3 aromatic rings. The van der Waals surface area contributed by atoms with Crippen molar-refractivity contribution in [1.29, 1.82) is 0 Å². The van der Waals surface area contributed by atoms with Gasteiger partial charge in [-0.15, -0.1) is 0 Å². The van der Waals surface area contributed by atoms with Crippen molar-refractivity contribution in [2.45, 2.75) is 52.3 Å². The molecule has 0 N–H and O–H groups in total. The van der Waals surface area contributed by atoms with Crippen molar-refractivity contribution in [1.82, 2.24) is 9.13 Å². The number of nitrogens with zero attached hydrogens (tertiary/aromatic N) is 2. The van der Waals surface area contributed by atoms with Crippen molar-refractivity contribution in [3.05, 3.63) is 80.0 Å². The van der Waals surface area contributed by atoms with Gasteiger partial charge in [0.25, 0.3) is 5.56 Å². The first-order valence-electron chi connectivity index (χ1n) is 9.83. The van der Waals surface area contributed by atoms with E-state index in [0.717, 1.165) is 10.1 Å². The first-order valence-corrected chi connectivity index (χ1v) is 10.2. The monoisotopic (exact) mass is 428 g/mol. The fraction of sp³-hybridized carbons (Fsp3) is 0.348. The minimum absolute atomic E-state index is 0.0990. The molecule has 7 heteroatoms. The lowest BCUT2D eigenvalue weighted by molar-refractivity contribution is -0.159. The highest BCUT2D eigenvalue weighted by molar-refractivity contribution is 6.31. The van der Waals surface area contributed by atoms with E-state index in [2.05, 4.69) is 0 Å². The second kappa shape index (κ2) is 8.48. The summed E-state index contributed by atoms with van der Waals surface area (Å²) < 4.78 is 8.03. The van der Waals surface area contributed by atoms with Crippen LogP contribution in [0.3, 0.4) is 0 Å². The fourth-order valence-corrected chi connectivity index (χ4v) is 3.55. The van der Waals surface area contributed by atoms with Gasteiger partial charge in [0, 0.05) is 5.02 Å². The van der Waals surface area contributed by atoms with Crippen LogP contribution in [0.25, 0.3) is 10.9 Å². The summed E-state index contributed by atoms with van der Waals surface area (Å²) in [5.74, 6) is -0.529. The summed E-state index contributed by atoms with van der Waals surface area (Å²) in [5, 5.41) is 0.687. The van der Waals surface area contributed by atoms with Crippen LogP contribution in [-0.4, -0.2) is 20.7 Å². The van der Waals surface area contributed by atoms with E-state index in [-0.39, 0.29) is 6.54 Å². The standard InChI is InChI=1S/C23H25ClN2O4/c1-5-18(21(28)30-23(2,3)4)26-19-13-16(24)11-12-17(19)20(27)25(22(26)29)14-15-9-7-6-8-10-15/h6-13,18H,5,14H2,1-4H3. The molecule has 6 nitrogen and oxygen atoms in total. The van der Waals surface area contributed by atoms with E-state index in [1.807, 2.05) is 30.3 Å². The lowest BCUT2D eigenvalue weighted by Crippen LogP contribution is -2.44. The van der Waals surface area contributed by atoms with Gasteiger partial charge in [0.05, 0.1) is 17.4 Å². The molecule has 0 aliphatic rings. The second-order valence-corrected chi connectivity index (χ2v) is 8.58. The number of halogens is 1. The molecule has 0 bridgehead atoms. The average Bonchev–Trinajstić information content (AvgIpc) is 2.67. The Kier molecular flexibility index (Phi) is 6.17. The van der Waals surface area contributed by atoms with Crippen LogP contribution in [0.1, 0.15) is 45.7 Å². The van der Waals surface area contributed by atoms with Gasteiger partial charge in [-0.1, -0.05) is 48.9 Å². The summed E-state index contributed by atoms with van der Waals surface area (Å²) in [4.78, 5) is 39.5. The molecule has 3 rings (SSSR count). The van der Waals surface area contributed by atoms with Gasteiger partial charge < -0.3 is 4.74 Å². The Morgan fingerprint density at radius 3 is 2.37 bits per heavy atom. The zero-order valence-corrected chi connectivity index (χ0v) is 18.3. The van der Waals surface area contributed by atoms with Crippen molar-refractivity contribution >= 4 is 28.5 Å². The predicted octanol–water partition coefficient (Wildman–Crippen LogP) is 4.16. The van der Waals surface area contributed by atoms with Gasteiger partial charge in [0.2, 0.25) is 0 Å². The Morgan fingerprint density at radius 1 is 1.10 bits per heavy atom. The SMILES string of the molecule is CCC(C(=O)OC(C)(C)C)n1c(=O)n(Cc2ccccc2)c(=O)c2ccc(Cl)cc21. The summed E-state index contributed by atoms with van der Waals surface area (Å²) >= 11 is 6.16. The first kappa shape index (κ1) is 21.8. The molecule has 0 fully saturated rings. The molecule has 1 atom stereocenters. The summed E-state index contributed by atoms with van der Waals surface area (Å²) in [6, 6.07) is 13.1. The topological polar surface area (TPSA) is 70.3 Å². The molecule has 30 heavy (non-hydrogen) atoms. The van der Waals surface area contributed by atoms with Crippen LogP contribution in [0.2, 0.25) is 5.02 Å². The Bertz CT molecular complexity index is 1190. The van der Waals surface area contributed by atoms with Crippen LogP contribution in [0, 0.1) is 0 Å². The average molecular weight is 429 g/mol. The molecular weight excluding hydrogens is 404 g/mol. The molecule has 0 amide bonds. The van der Waals surface area contributed by atoms with Gasteiger partial charge in [0.15, 0.2) is 0 Å². The third kappa shape index (κ3) is 4.49. The molecule has 1 heterocycles. The molecule has 0 radical (unpaired) electrons. The van der Waals surface area contributed by atoms with E-state index in [9.17, 15) is 14.4 Å². The smallest absolute Gasteiger partial charge is 0.332 e. The van der Waals surface area contributed by atoms with Crippen molar-refractivity contribution in [3.8, 4) is 0 Å². The molecule has 0 aliphatic carbocycles. The number of aromatic nitrogens is 2. The fourth-order valence-electron chi connectivity index (χ4n) is 3.38. The maximum absolute atomic E-state index is 13.5. The number of hydrogen-bond acceptors (Lipinski definition) is 4. The van der Waals surface area contributed by atoms with Gasteiger partial charge in [0.1, 0.15) is 11.6 Å². The third-order valence-corrected chi connectivity index (χ3v) is 4.93. The van der Waals surface area contributed by atoms with Crippen LogP contribution in [0.5, 0.6) is 0 Å². The number of hydrogen-bond donors (Lipinski definition) is 0. The van der Waals surface area contributed by atoms with Gasteiger partial charge in [-0.3, -0.25) is 13.9 Å². The van der Waals surface area contributed by atoms with E-state index < -0.39 is 28.9 Å². The zero-order chi connectivity index (χ0) is 22.1. The lowest BCUT2D eigenvalue weighted by atomic mass is 10.1. The third-order valence-electron chi connectivity index (χ3n) is 4.69. The molecule has 0 saturated carbocycles. The number of carbonyl (C=O) groups is 1. The normalized spacial score (nSPS) is 12.7. The van der Waals surface area contributed by atoms with E-state index in [4.69, 9.17) is 16.3 Å². The minimum atomic E-state index is -0.889. The number of carbonyl (C=O) groups excluding carboxylic acids is 1. The molecule has 2 aromatic carbocycles. The van der Waals surface area contributed by atoms with Crippen molar-refractivity contribution in [2.24, 2.45) is 0 Å². The minimum Gasteiger partial charge on any atom is -0.458 e. The van der Waals surface area contributed by atoms with Crippen molar-refractivity contribution in [2.75, 3.05) is 0 Å². The van der Waals surface area contributed by atoms with Crippen LogP contribution >= 0.6 is 11.6 Å². The van der Waals surface area contributed by atoms with Gasteiger partial charge in [-0.25, -0.2) is 9.59 Å². The molecule has 0 aliphatic heterocycles.